The number of amides is 1. The Morgan fingerprint density at radius 1 is 1.75 bits per heavy atom. The first-order valence-electron chi connectivity index (χ1n) is 4.16. The van der Waals surface area contributed by atoms with Crippen LogP contribution in [-0.2, 0) is 4.79 Å². The minimum absolute atomic E-state index is 0.0797. The summed E-state index contributed by atoms with van der Waals surface area (Å²) < 4.78 is 0. The van der Waals surface area contributed by atoms with Gasteiger partial charge in [-0.05, 0) is 18.3 Å². The van der Waals surface area contributed by atoms with Crippen LogP contribution in [0, 0.1) is 18.3 Å². The highest BCUT2D eigenvalue weighted by Gasteiger charge is 2.25. The van der Waals surface area contributed by atoms with Crippen LogP contribution in [0.25, 0.3) is 0 Å². The van der Waals surface area contributed by atoms with E-state index in [1.807, 2.05) is 0 Å². The van der Waals surface area contributed by atoms with E-state index in [1.54, 1.807) is 4.90 Å². The minimum Gasteiger partial charge on any atom is -0.330 e. The van der Waals surface area contributed by atoms with Crippen molar-refractivity contribution in [2.45, 2.75) is 19.4 Å². The Morgan fingerprint density at radius 2 is 2.42 bits per heavy atom. The summed E-state index contributed by atoms with van der Waals surface area (Å²) in [6.45, 7) is 3.45. The van der Waals surface area contributed by atoms with E-state index in [-0.39, 0.29) is 11.9 Å². The third-order valence-electron chi connectivity index (χ3n) is 2.43. The molecule has 1 amide bonds. The van der Waals surface area contributed by atoms with Crippen molar-refractivity contribution >= 4 is 5.91 Å². The van der Waals surface area contributed by atoms with Gasteiger partial charge in [-0.25, -0.2) is 0 Å². The SMILES string of the molecule is C#CC(=O)N1CCC(C)C(N)C1. The lowest BCUT2D eigenvalue weighted by atomic mass is 9.94. The largest absolute Gasteiger partial charge is 0.330 e. The zero-order chi connectivity index (χ0) is 9.14. The zero-order valence-electron chi connectivity index (χ0n) is 7.29. The molecule has 2 unspecified atom stereocenters. The smallest absolute Gasteiger partial charge is 0.298 e. The lowest BCUT2D eigenvalue weighted by Crippen LogP contribution is -2.49. The van der Waals surface area contributed by atoms with Crippen LogP contribution in [0.3, 0.4) is 0 Å². The molecule has 1 saturated heterocycles. The first kappa shape index (κ1) is 9.08. The fourth-order valence-corrected chi connectivity index (χ4v) is 1.38. The molecule has 1 fully saturated rings. The van der Waals surface area contributed by atoms with E-state index < -0.39 is 0 Å². The number of carbonyl (C=O) groups excluding carboxylic acids is 1. The van der Waals surface area contributed by atoms with E-state index in [1.165, 1.54) is 0 Å². The van der Waals surface area contributed by atoms with Crippen molar-refractivity contribution in [2.24, 2.45) is 11.7 Å². The second-order valence-corrected chi connectivity index (χ2v) is 3.33. The van der Waals surface area contributed by atoms with Crippen LogP contribution in [0.1, 0.15) is 13.3 Å². The highest BCUT2D eigenvalue weighted by Crippen LogP contribution is 2.14. The maximum atomic E-state index is 11.1. The van der Waals surface area contributed by atoms with Gasteiger partial charge in [-0.15, -0.1) is 6.42 Å². The van der Waals surface area contributed by atoms with Gasteiger partial charge in [0.1, 0.15) is 0 Å². The van der Waals surface area contributed by atoms with Crippen molar-refractivity contribution in [1.29, 1.82) is 0 Å². The molecule has 0 radical (unpaired) electrons. The molecule has 0 bridgehead atoms. The van der Waals surface area contributed by atoms with Gasteiger partial charge in [0.15, 0.2) is 0 Å². The standard InChI is InChI=1S/C9H14N2O/c1-3-9(12)11-5-4-7(2)8(10)6-11/h1,7-8H,4-6,10H2,2H3. The third-order valence-corrected chi connectivity index (χ3v) is 2.43. The maximum Gasteiger partial charge on any atom is 0.298 e. The quantitative estimate of drug-likeness (QED) is 0.507. The van der Waals surface area contributed by atoms with Crippen molar-refractivity contribution in [3.8, 4) is 12.3 Å². The molecular weight excluding hydrogens is 152 g/mol. The Balaban J connectivity index is 2.52. The van der Waals surface area contributed by atoms with E-state index in [2.05, 4.69) is 12.8 Å². The van der Waals surface area contributed by atoms with E-state index in [0.29, 0.717) is 12.5 Å². The first-order chi connectivity index (χ1) is 5.65. The summed E-state index contributed by atoms with van der Waals surface area (Å²) in [5.41, 5.74) is 5.80. The summed E-state index contributed by atoms with van der Waals surface area (Å²) in [7, 11) is 0. The molecular formula is C9H14N2O. The van der Waals surface area contributed by atoms with Crippen molar-refractivity contribution in [3.63, 3.8) is 0 Å². The van der Waals surface area contributed by atoms with E-state index in [4.69, 9.17) is 12.2 Å². The van der Waals surface area contributed by atoms with Gasteiger partial charge in [0, 0.05) is 19.1 Å². The monoisotopic (exact) mass is 166 g/mol. The van der Waals surface area contributed by atoms with Crippen LogP contribution in [-0.4, -0.2) is 29.9 Å². The second-order valence-electron chi connectivity index (χ2n) is 3.33. The Bertz CT molecular complexity index is 219. The predicted octanol–water partition coefficient (Wildman–Crippen LogP) is -0.185. The van der Waals surface area contributed by atoms with Crippen molar-refractivity contribution in [1.82, 2.24) is 4.90 Å². The van der Waals surface area contributed by atoms with Crippen molar-refractivity contribution in [3.05, 3.63) is 0 Å². The van der Waals surface area contributed by atoms with Gasteiger partial charge in [0.25, 0.3) is 5.91 Å². The maximum absolute atomic E-state index is 11.1. The van der Waals surface area contributed by atoms with Crippen molar-refractivity contribution < 1.29 is 4.79 Å². The van der Waals surface area contributed by atoms with Crippen LogP contribution in [0.5, 0.6) is 0 Å². The molecule has 0 spiro atoms. The number of nitrogens with two attached hydrogens (primary N) is 1. The molecule has 0 saturated carbocycles. The van der Waals surface area contributed by atoms with Gasteiger partial charge in [0.05, 0.1) is 0 Å². The molecule has 3 nitrogen and oxygen atoms in total. The molecule has 0 aromatic heterocycles. The van der Waals surface area contributed by atoms with E-state index in [9.17, 15) is 4.79 Å². The lowest BCUT2D eigenvalue weighted by Gasteiger charge is -2.33. The summed E-state index contributed by atoms with van der Waals surface area (Å²) in [5, 5.41) is 0. The summed E-state index contributed by atoms with van der Waals surface area (Å²) in [4.78, 5) is 12.7. The van der Waals surface area contributed by atoms with Gasteiger partial charge in [-0.1, -0.05) is 6.92 Å². The van der Waals surface area contributed by atoms with Crippen LogP contribution >= 0.6 is 0 Å². The number of likely N-dealkylation sites (tertiary alicyclic amines) is 1. The third kappa shape index (κ3) is 1.77. The molecule has 1 aliphatic rings. The fourth-order valence-electron chi connectivity index (χ4n) is 1.38. The fraction of sp³-hybridized carbons (Fsp3) is 0.667. The lowest BCUT2D eigenvalue weighted by molar-refractivity contribution is -0.126. The number of piperidine rings is 1. The highest BCUT2D eigenvalue weighted by molar-refractivity contribution is 5.92. The Hall–Kier alpha value is -1.01. The van der Waals surface area contributed by atoms with Gasteiger partial charge in [0.2, 0.25) is 0 Å². The predicted molar refractivity (Wildman–Crippen MR) is 47.2 cm³/mol. The van der Waals surface area contributed by atoms with Gasteiger partial charge in [-0.3, -0.25) is 4.79 Å². The molecule has 3 heteroatoms. The summed E-state index contributed by atoms with van der Waals surface area (Å²) in [6, 6.07) is 0.0797. The number of terminal acetylenes is 1. The number of hydrogen-bond donors (Lipinski definition) is 1. The number of hydrogen-bond acceptors (Lipinski definition) is 2. The summed E-state index contributed by atoms with van der Waals surface area (Å²) in [5.74, 6) is 2.36. The molecule has 0 aliphatic carbocycles. The van der Waals surface area contributed by atoms with Crippen LogP contribution in [0.2, 0.25) is 0 Å². The Kier molecular flexibility index (Phi) is 2.72. The summed E-state index contributed by atoms with van der Waals surface area (Å²) >= 11 is 0. The number of nitrogens with zero attached hydrogens (tertiary/aromatic N) is 1. The van der Waals surface area contributed by atoms with Crippen LogP contribution in [0.4, 0.5) is 0 Å². The Morgan fingerprint density at radius 3 is 2.92 bits per heavy atom. The van der Waals surface area contributed by atoms with Crippen LogP contribution in [0.15, 0.2) is 0 Å². The minimum atomic E-state index is -0.239. The molecule has 0 aromatic carbocycles. The summed E-state index contributed by atoms with van der Waals surface area (Å²) in [6.07, 6.45) is 5.95. The second kappa shape index (κ2) is 3.59. The average molecular weight is 166 g/mol. The zero-order valence-corrected chi connectivity index (χ0v) is 7.29. The molecule has 2 N–H and O–H groups in total. The normalized spacial score (nSPS) is 29.6. The molecule has 0 aromatic rings. The number of carbonyl (C=O) groups is 1. The van der Waals surface area contributed by atoms with Gasteiger partial charge < -0.3 is 10.6 Å². The highest BCUT2D eigenvalue weighted by atomic mass is 16.2. The topological polar surface area (TPSA) is 46.3 Å². The Labute approximate surface area is 72.9 Å². The van der Waals surface area contributed by atoms with Crippen LogP contribution < -0.4 is 5.73 Å². The molecule has 1 rings (SSSR count). The van der Waals surface area contributed by atoms with Gasteiger partial charge >= 0.3 is 0 Å². The number of rotatable bonds is 0. The average Bonchev–Trinajstić information content (AvgIpc) is 2.08. The molecule has 12 heavy (non-hydrogen) atoms. The molecule has 66 valence electrons. The molecule has 1 aliphatic heterocycles. The molecule has 2 atom stereocenters. The van der Waals surface area contributed by atoms with E-state index in [0.717, 1.165) is 13.0 Å². The van der Waals surface area contributed by atoms with E-state index >= 15 is 0 Å². The van der Waals surface area contributed by atoms with Gasteiger partial charge in [-0.2, -0.15) is 0 Å². The first-order valence-corrected chi connectivity index (χ1v) is 4.16. The van der Waals surface area contributed by atoms with Crippen molar-refractivity contribution in [2.75, 3.05) is 13.1 Å². The molecule has 1 heterocycles.